The Balaban J connectivity index is 1.31. The molecule has 0 saturated heterocycles. The molecular formula is C45H18B11N3S. The first-order valence-electron chi connectivity index (χ1n) is 18.6. The monoisotopic (exact) mass is 753 g/mol. The molecule has 0 spiro atoms. The lowest BCUT2D eigenvalue weighted by atomic mass is 9.58. The predicted octanol–water partition coefficient (Wildman–Crippen LogP) is -1.03. The first-order valence-corrected chi connectivity index (χ1v) is 19.5. The van der Waals surface area contributed by atoms with Crippen molar-refractivity contribution in [2.45, 2.75) is 0 Å². The highest BCUT2D eigenvalue weighted by Crippen LogP contribution is 2.37. The van der Waals surface area contributed by atoms with Crippen LogP contribution in [-0.2, 0) is 0 Å². The topological polar surface area (TPSA) is 38.7 Å². The lowest BCUT2D eigenvalue weighted by Crippen LogP contribution is -2.56. The Labute approximate surface area is 367 Å². The Morgan fingerprint density at radius 3 is 1.32 bits per heavy atom. The zero-order valence-electron chi connectivity index (χ0n) is 32.0. The number of aromatic nitrogens is 3. The van der Waals surface area contributed by atoms with Gasteiger partial charge in [0, 0.05) is 26.1 Å². The maximum atomic E-state index is 7.20. The molecule has 9 aromatic rings. The standard InChI is InChI=1S/C45H18B11N3S/c46-30-27-28-34(50)36(52)33(49)26(25-31(47)37(53)39(55)38(54)32(25)48)41(28)60-42(27)40(56)35(51)29(30)45-58-43(22-16-14-21(15-17-22)19-8-3-1-4-9-19)57-44(59-45)24-13-7-12-23(18-24)20-10-5-2-6-11-20/h1-18H. The molecule has 0 fully saturated rings. The van der Waals surface area contributed by atoms with Crippen LogP contribution in [0.3, 0.4) is 0 Å². The first-order chi connectivity index (χ1) is 28.8. The molecule has 2 heterocycles. The molecule has 0 bridgehead atoms. The third-order valence-electron chi connectivity index (χ3n) is 10.9. The zero-order valence-corrected chi connectivity index (χ0v) is 32.8. The van der Waals surface area contributed by atoms with Crippen LogP contribution in [0.1, 0.15) is 0 Å². The molecular weight excluding hydrogens is 734 g/mol. The summed E-state index contributed by atoms with van der Waals surface area (Å²) in [5.74, 6) is 0.955. The number of hydrogen-bond acceptors (Lipinski definition) is 4. The summed E-state index contributed by atoms with van der Waals surface area (Å²) in [7, 11) is 73.1. The fourth-order valence-corrected chi connectivity index (χ4v) is 9.01. The Morgan fingerprint density at radius 2 is 0.700 bits per heavy atom. The van der Waals surface area contributed by atoms with Gasteiger partial charge in [-0.3, -0.25) is 0 Å². The molecule has 2 aromatic heterocycles. The predicted molar refractivity (Wildman–Crippen MR) is 265 cm³/mol. The van der Waals surface area contributed by atoms with Gasteiger partial charge in [0.05, 0.1) is 0 Å². The minimum absolute atomic E-state index is 0.0387. The van der Waals surface area contributed by atoms with Crippen LogP contribution in [-0.4, -0.2) is 101 Å². The van der Waals surface area contributed by atoms with Crippen molar-refractivity contribution >= 4 is 178 Å². The second kappa shape index (κ2) is 15.5. The van der Waals surface area contributed by atoms with Crippen molar-refractivity contribution in [3.8, 4) is 67.5 Å². The summed E-state index contributed by atoms with van der Waals surface area (Å²) < 4.78 is 1.02. The highest BCUT2D eigenvalue weighted by molar-refractivity contribution is 7.28. The zero-order chi connectivity index (χ0) is 42.1. The third kappa shape index (κ3) is 6.48. The molecule has 0 aliphatic carbocycles. The minimum Gasteiger partial charge on any atom is -0.208 e. The second-order valence-corrected chi connectivity index (χ2v) is 15.4. The molecule has 15 heteroatoms. The lowest BCUT2D eigenvalue weighted by molar-refractivity contribution is 1.08. The van der Waals surface area contributed by atoms with Crippen LogP contribution in [0, 0.1) is 0 Å². The molecule has 0 aliphatic heterocycles. The van der Waals surface area contributed by atoms with Gasteiger partial charge in [0.15, 0.2) is 17.5 Å². The van der Waals surface area contributed by atoms with Gasteiger partial charge in [-0.1, -0.05) is 141 Å². The van der Waals surface area contributed by atoms with Crippen molar-refractivity contribution in [3.63, 3.8) is 0 Å². The maximum absolute atomic E-state index is 7.20. The summed E-state index contributed by atoms with van der Waals surface area (Å²) in [6.45, 7) is 0. The lowest BCUT2D eigenvalue weighted by Gasteiger charge is -2.25. The van der Waals surface area contributed by atoms with E-state index in [-0.39, 0.29) is 77.0 Å². The number of hydrogen-bond donors (Lipinski definition) is 0. The van der Waals surface area contributed by atoms with Gasteiger partial charge < -0.3 is 0 Å². The van der Waals surface area contributed by atoms with E-state index in [0.29, 0.717) is 37.4 Å². The van der Waals surface area contributed by atoms with E-state index in [1.54, 1.807) is 0 Å². The molecule has 3 nitrogen and oxygen atoms in total. The Morgan fingerprint density at radius 1 is 0.283 bits per heavy atom. The number of nitrogens with zero attached hydrogens (tertiary/aromatic N) is 3. The Bertz CT molecular complexity index is 3180. The highest BCUT2D eigenvalue weighted by atomic mass is 32.1. The fraction of sp³-hybridized carbons (Fsp3) is 0. The fourth-order valence-electron chi connectivity index (χ4n) is 7.64. The molecule has 22 radical (unpaired) electrons. The molecule has 9 rings (SSSR count). The summed E-state index contributed by atoms with van der Waals surface area (Å²) in [4.78, 5) is 15.0. The molecule has 0 amide bonds. The first kappa shape index (κ1) is 39.9. The molecule has 252 valence electrons. The van der Waals surface area contributed by atoms with Crippen LogP contribution in [0.2, 0.25) is 0 Å². The van der Waals surface area contributed by atoms with E-state index in [9.17, 15) is 0 Å². The van der Waals surface area contributed by atoms with E-state index < -0.39 is 0 Å². The van der Waals surface area contributed by atoms with E-state index in [0.717, 1.165) is 33.4 Å². The van der Waals surface area contributed by atoms with E-state index in [2.05, 4.69) is 12.1 Å². The van der Waals surface area contributed by atoms with Crippen LogP contribution < -0.4 is 60.1 Å². The quantitative estimate of drug-likeness (QED) is 0.205. The van der Waals surface area contributed by atoms with Gasteiger partial charge in [-0.25, -0.2) is 15.0 Å². The largest absolute Gasteiger partial charge is 0.208 e. The Hall–Kier alpha value is -5.52. The summed E-state index contributed by atoms with van der Waals surface area (Å²) >= 11 is 1.23. The van der Waals surface area contributed by atoms with Gasteiger partial charge in [-0.2, -0.15) is 0 Å². The van der Waals surface area contributed by atoms with E-state index >= 15 is 0 Å². The molecule has 0 aliphatic rings. The summed E-state index contributed by atoms with van der Waals surface area (Å²) in [6, 6.07) is 36.0. The molecule has 7 aromatic carbocycles. The van der Waals surface area contributed by atoms with E-state index in [4.69, 9.17) is 101 Å². The molecule has 0 N–H and O–H groups in total. The van der Waals surface area contributed by atoms with E-state index in [1.807, 2.05) is 97.1 Å². The Kier molecular flexibility index (Phi) is 10.3. The van der Waals surface area contributed by atoms with Gasteiger partial charge in [-0.15, -0.1) is 33.2 Å². The maximum Gasteiger partial charge on any atom is 0.164 e. The number of thiophene rings is 1. The van der Waals surface area contributed by atoms with Crippen molar-refractivity contribution in [1.82, 2.24) is 15.0 Å². The normalized spacial score (nSPS) is 11.4. The minimum atomic E-state index is 0.0387. The van der Waals surface area contributed by atoms with Crippen LogP contribution in [0.25, 0.3) is 87.7 Å². The van der Waals surface area contributed by atoms with Crippen molar-refractivity contribution in [3.05, 3.63) is 109 Å². The van der Waals surface area contributed by atoms with Crippen LogP contribution in [0.5, 0.6) is 0 Å². The molecule has 0 unspecified atom stereocenters. The number of fused-ring (bicyclic) bond motifs is 3. The van der Waals surface area contributed by atoms with Crippen LogP contribution in [0.15, 0.2) is 109 Å². The van der Waals surface area contributed by atoms with Gasteiger partial charge in [0.25, 0.3) is 0 Å². The summed E-state index contributed by atoms with van der Waals surface area (Å²) in [5.41, 5.74) is 7.57. The van der Waals surface area contributed by atoms with Crippen molar-refractivity contribution < 1.29 is 0 Å². The average molecular weight is 752 g/mol. The average Bonchev–Trinajstić information content (AvgIpc) is 3.69. The second-order valence-electron chi connectivity index (χ2n) is 14.4. The third-order valence-corrected chi connectivity index (χ3v) is 12.1. The van der Waals surface area contributed by atoms with Crippen LogP contribution in [0.4, 0.5) is 0 Å². The number of benzene rings is 7. The summed E-state index contributed by atoms with van der Waals surface area (Å²) in [6.07, 6.45) is 0. The summed E-state index contributed by atoms with van der Waals surface area (Å²) in [5, 5.41) is 0.897. The molecule has 60 heavy (non-hydrogen) atoms. The molecule has 0 atom stereocenters. The number of rotatable bonds is 6. The van der Waals surface area contributed by atoms with Crippen molar-refractivity contribution in [1.29, 1.82) is 0 Å². The molecule has 0 saturated carbocycles. The van der Waals surface area contributed by atoms with Gasteiger partial charge in [0.2, 0.25) is 0 Å². The SMILES string of the molecule is [B]c1c([B])c([B])c(-c2c([B])c([B])c([B])c3c2sc2c([B])c([B])c(-c4nc(-c5ccc(-c6ccccc6)cc5)nc(-c5cccc(-c6ccccc6)c5)n4)c([B])c23)c([B])c1[B]. The van der Waals surface area contributed by atoms with Gasteiger partial charge >= 0.3 is 0 Å². The van der Waals surface area contributed by atoms with Crippen molar-refractivity contribution in [2.75, 3.05) is 0 Å². The van der Waals surface area contributed by atoms with Crippen molar-refractivity contribution in [2.24, 2.45) is 0 Å². The van der Waals surface area contributed by atoms with Crippen LogP contribution >= 0.6 is 11.3 Å². The highest BCUT2D eigenvalue weighted by Gasteiger charge is 2.25. The van der Waals surface area contributed by atoms with Gasteiger partial charge in [0.1, 0.15) is 86.3 Å². The van der Waals surface area contributed by atoms with Gasteiger partial charge in [-0.05, 0) is 50.2 Å². The van der Waals surface area contributed by atoms with E-state index in [1.165, 1.54) is 11.3 Å². The smallest absolute Gasteiger partial charge is 0.164 e.